The number of carbonyl (C=O) groups excluding carboxylic acids is 1. The van der Waals surface area contributed by atoms with E-state index in [0.717, 1.165) is 34.2 Å². The topological polar surface area (TPSA) is 51.7 Å². The van der Waals surface area contributed by atoms with Crippen LogP contribution in [0.5, 0.6) is 11.5 Å². The number of fused-ring (bicyclic) bond motifs is 1. The van der Waals surface area contributed by atoms with E-state index >= 15 is 0 Å². The number of halogens is 2. The average Bonchev–Trinajstić information content (AvgIpc) is 3.39. The fraction of sp³-hybridized carbons (Fsp3) is 0.185. The predicted octanol–water partition coefficient (Wildman–Crippen LogP) is 7.05. The van der Waals surface area contributed by atoms with Crippen LogP contribution in [0.15, 0.2) is 77.4 Å². The van der Waals surface area contributed by atoms with Gasteiger partial charge in [-0.25, -0.2) is 4.79 Å². The van der Waals surface area contributed by atoms with Gasteiger partial charge in [0.25, 0.3) is 0 Å². The largest absolute Gasteiger partial charge is 0.485 e. The van der Waals surface area contributed by atoms with Gasteiger partial charge in [-0.1, -0.05) is 57.9 Å². The van der Waals surface area contributed by atoms with Crippen LogP contribution >= 0.6 is 27.5 Å². The first-order chi connectivity index (χ1) is 16.6. The lowest BCUT2D eigenvalue weighted by Gasteiger charge is -2.18. The minimum atomic E-state index is -0.572. The van der Waals surface area contributed by atoms with Crippen molar-refractivity contribution in [3.8, 4) is 11.5 Å². The Kier molecular flexibility index (Phi) is 6.70. The lowest BCUT2D eigenvalue weighted by molar-refractivity contribution is 0.0729. The quantitative estimate of drug-likeness (QED) is 0.195. The minimum Gasteiger partial charge on any atom is -0.485 e. The SMILES string of the molecule is O=C(Oc1ccccc1OCc1ccc(Br)cc1)c1c(Cl)ccc2cc(N3CCCC3)cnc12. The lowest BCUT2D eigenvalue weighted by atomic mass is 10.1. The second-order valence-corrected chi connectivity index (χ2v) is 9.46. The van der Waals surface area contributed by atoms with Gasteiger partial charge in [-0.2, -0.15) is 0 Å². The highest BCUT2D eigenvalue weighted by molar-refractivity contribution is 9.10. The van der Waals surface area contributed by atoms with Gasteiger partial charge < -0.3 is 14.4 Å². The van der Waals surface area contributed by atoms with Gasteiger partial charge in [0.15, 0.2) is 11.5 Å². The zero-order chi connectivity index (χ0) is 23.5. The third kappa shape index (κ3) is 4.88. The van der Waals surface area contributed by atoms with Gasteiger partial charge >= 0.3 is 5.97 Å². The third-order valence-corrected chi connectivity index (χ3v) is 6.67. The van der Waals surface area contributed by atoms with Crippen LogP contribution in [-0.4, -0.2) is 24.0 Å². The van der Waals surface area contributed by atoms with Crippen LogP contribution in [0.4, 0.5) is 5.69 Å². The Balaban J connectivity index is 1.39. The van der Waals surface area contributed by atoms with Crippen LogP contribution < -0.4 is 14.4 Å². The number of pyridine rings is 1. The smallest absolute Gasteiger partial charge is 0.347 e. The number of benzene rings is 3. The first kappa shape index (κ1) is 22.7. The summed E-state index contributed by atoms with van der Waals surface area (Å²) in [7, 11) is 0. The fourth-order valence-electron chi connectivity index (χ4n) is 4.05. The zero-order valence-corrected chi connectivity index (χ0v) is 20.7. The van der Waals surface area contributed by atoms with Gasteiger partial charge in [0.05, 0.1) is 22.4 Å². The van der Waals surface area contributed by atoms with Crippen molar-refractivity contribution in [3.05, 3.63) is 93.5 Å². The second-order valence-electron chi connectivity index (χ2n) is 8.13. The first-order valence-electron chi connectivity index (χ1n) is 11.1. The number of hydrogen-bond donors (Lipinski definition) is 0. The van der Waals surface area contributed by atoms with E-state index in [1.165, 1.54) is 12.8 Å². The third-order valence-electron chi connectivity index (χ3n) is 5.82. The Hall–Kier alpha value is -3.09. The van der Waals surface area contributed by atoms with E-state index in [0.29, 0.717) is 28.6 Å². The number of ether oxygens (including phenoxy) is 2. The monoisotopic (exact) mass is 536 g/mol. The number of carbonyl (C=O) groups is 1. The molecule has 0 spiro atoms. The van der Waals surface area contributed by atoms with Crippen molar-refractivity contribution < 1.29 is 14.3 Å². The van der Waals surface area contributed by atoms with E-state index in [-0.39, 0.29) is 5.56 Å². The maximum absolute atomic E-state index is 13.2. The van der Waals surface area contributed by atoms with Gasteiger partial charge in [-0.3, -0.25) is 4.98 Å². The summed E-state index contributed by atoms with van der Waals surface area (Å²) in [5, 5.41) is 1.15. The molecule has 1 aliphatic rings. The lowest BCUT2D eigenvalue weighted by Crippen LogP contribution is -2.18. The van der Waals surface area contributed by atoms with E-state index in [4.69, 9.17) is 21.1 Å². The number of anilines is 1. The molecule has 0 amide bonds. The van der Waals surface area contributed by atoms with Crippen LogP contribution in [0, 0.1) is 0 Å². The van der Waals surface area contributed by atoms with E-state index in [1.54, 1.807) is 30.5 Å². The maximum atomic E-state index is 13.2. The van der Waals surface area contributed by atoms with Crippen molar-refractivity contribution in [1.82, 2.24) is 4.98 Å². The average molecular weight is 538 g/mol. The Bertz CT molecular complexity index is 1340. The molecule has 0 saturated carbocycles. The first-order valence-corrected chi connectivity index (χ1v) is 12.3. The van der Waals surface area contributed by atoms with E-state index in [9.17, 15) is 4.79 Å². The maximum Gasteiger partial charge on any atom is 0.347 e. The van der Waals surface area contributed by atoms with Gasteiger partial charge in [-0.05, 0) is 54.8 Å². The fourth-order valence-corrected chi connectivity index (χ4v) is 4.55. The van der Waals surface area contributed by atoms with Gasteiger partial charge in [0.2, 0.25) is 0 Å². The van der Waals surface area contributed by atoms with Crippen molar-refractivity contribution in [1.29, 1.82) is 0 Å². The van der Waals surface area contributed by atoms with Gasteiger partial charge in [0.1, 0.15) is 12.2 Å². The number of esters is 1. The Morgan fingerprint density at radius 2 is 1.74 bits per heavy atom. The number of hydrogen-bond acceptors (Lipinski definition) is 5. The van der Waals surface area contributed by atoms with Crippen LogP contribution in [0.2, 0.25) is 5.02 Å². The number of aromatic nitrogens is 1. The summed E-state index contributed by atoms with van der Waals surface area (Å²) in [6.07, 6.45) is 4.16. The molecule has 1 aromatic heterocycles. The molecule has 34 heavy (non-hydrogen) atoms. The summed E-state index contributed by atoms with van der Waals surface area (Å²) < 4.78 is 12.7. The van der Waals surface area contributed by atoms with Gasteiger partial charge in [-0.15, -0.1) is 0 Å². The molecule has 0 radical (unpaired) electrons. The van der Waals surface area contributed by atoms with Crippen molar-refractivity contribution in [3.63, 3.8) is 0 Å². The Morgan fingerprint density at radius 3 is 2.50 bits per heavy atom. The second kappa shape index (κ2) is 10.0. The highest BCUT2D eigenvalue weighted by atomic mass is 79.9. The summed E-state index contributed by atoms with van der Waals surface area (Å²) in [4.78, 5) is 20.1. The molecule has 1 saturated heterocycles. The van der Waals surface area contributed by atoms with Crippen LogP contribution in [0.25, 0.3) is 10.9 Å². The highest BCUT2D eigenvalue weighted by Gasteiger charge is 2.21. The molecule has 2 heterocycles. The Morgan fingerprint density at radius 1 is 1.00 bits per heavy atom. The van der Waals surface area contributed by atoms with Crippen LogP contribution in [0.3, 0.4) is 0 Å². The van der Waals surface area contributed by atoms with Crippen LogP contribution in [-0.2, 0) is 6.61 Å². The molecule has 3 aromatic carbocycles. The number of rotatable bonds is 6. The molecule has 0 bridgehead atoms. The predicted molar refractivity (Wildman–Crippen MR) is 138 cm³/mol. The standard InChI is InChI=1S/C27H22BrClN2O3/c28-20-10-7-18(8-11-20)17-33-23-5-1-2-6-24(23)34-27(32)25-22(29)12-9-19-15-21(16-30-26(19)25)31-13-3-4-14-31/h1-2,5-12,15-16H,3-4,13-14,17H2. The molecule has 0 unspecified atom stereocenters. The molecule has 5 rings (SSSR count). The molecule has 1 fully saturated rings. The van der Waals surface area contributed by atoms with E-state index in [2.05, 4.69) is 31.9 Å². The molecular formula is C27H22BrClN2O3. The zero-order valence-electron chi connectivity index (χ0n) is 18.3. The molecular weight excluding hydrogens is 516 g/mol. The molecule has 1 aliphatic heterocycles. The van der Waals surface area contributed by atoms with Crippen molar-refractivity contribution >= 4 is 50.1 Å². The van der Waals surface area contributed by atoms with Crippen LogP contribution in [0.1, 0.15) is 28.8 Å². The molecule has 172 valence electrons. The molecule has 0 N–H and O–H groups in total. The minimum absolute atomic E-state index is 0.245. The normalized spacial score (nSPS) is 13.3. The summed E-state index contributed by atoms with van der Waals surface area (Å²) in [5.74, 6) is 0.225. The van der Waals surface area contributed by atoms with Gasteiger partial charge in [0, 0.05) is 22.9 Å². The number of nitrogens with zero attached hydrogens (tertiary/aromatic N) is 2. The molecule has 4 aromatic rings. The molecule has 5 nitrogen and oxygen atoms in total. The summed E-state index contributed by atoms with van der Waals surface area (Å²) >= 11 is 9.87. The molecule has 0 aliphatic carbocycles. The summed E-state index contributed by atoms with van der Waals surface area (Å²) in [6.45, 7) is 2.39. The van der Waals surface area contributed by atoms with Crippen molar-refractivity contribution in [2.24, 2.45) is 0 Å². The summed E-state index contributed by atoms with van der Waals surface area (Å²) in [5.41, 5.74) is 2.82. The van der Waals surface area contributed by atoms with Crippen molar-refractivity contribution in [2.45, 2.75) is 19.4 Å². The van der Waals surface area contributed by atoms with E-state index < -0.39 is 5.97 Å². The molecule has 0 atom stereocenters. The Labute approximate surface area is 211 Å². The number of para-hydroxylation sites is 2. The summed E-state index contributed by atoms with van der Waals surface area (Å²) in [6, 6.07) is 20.6. The molecule has 7 heteroatoms. The highest BCUT2D eigenvalue weighted by Crippen LogP contribution is 2.32. The van der Waals surface area contributed by atoms with Crippen molar-refractivity contribution in [2.75, 3.05) is 18.0 Å². The van der Waals surface area contributed by atoms with E-state index in [1.807, 2.05) is 36.4 Å².